The van der Waals surface area contributed by atoms with E-state index in [1.165, 1.54) is 38.5 Å². The van der Waals surface area contributed by atoms with E-state index in [0.717, 1.165) is 6.07 Å². The lowest BCUT2D eigenvalue weighted by molar-refractivity contribution is 0.379. The van der Waals surface area contributed by atoms with Crippen LogP contribution in [0.2, 0.25) is 5.02 Å². The topological polar surface area (TPSA) is 73.9 Å². The fraction of sp³-hybridized carbons (Fsp3) is 0.100. The van der Waals surface area contributed by atoms with Crippen LogP contribution in [0.25, 0.3) is 0 Å². The normalized spacial score (nSPS) is 11.0. The molecule has 1 N–H and O–H groups in total. The SMILES string of the molecule is COc1ccc(S(=O)(=O)Nc2cc(Cl)ccc2Oc2ccccc2OC)cc1F. The van der Waals surface area contributed by atoms with Gasteiger partial charge in [0.1, 0.15) is 0 Å². The van der Waals surface area contributed by atoms with E-state index in [1.54, 1.807) is 30.3 Å². The zero-order valence-corrected chi connectivity index (χ0v) is 17.1. The van der Waals surface area contributed by atoms with Crippen molar-refractivity contribution in [1.29, 1.82) is 0 Å². The second-order valence-electron chi connectivity index (χ2n) is 5.80. The molecule has 0 aromatic heterocycles. The molecule has 0 aliphatic heterocycles. The molecule has 0 aliphatic rings. The van der Waals surface area contributed by atoms with Crippen molar-refractivity contribution in [2.24, 2.45) is 0 Å². The molecule has 0 saturated carbocycles. The standard InChI is InChI=1S/C20H17ClFNO5S/c1-26-17-10-8-14(12-15(17)22)29(24,25)23-16-11-13(21)7-9-18(16)28-20-6-4-3-5-19(20)27-2/h3-12,23H,1-2H3. The van der Waals surface area contributed by atoms with Gasteiger partial charge >= 0.3 is 0 Å². The maximum atomic E-state index is 14.0. The number of sulfonamides is 1. The molecule has 0 amide bonds. The minimum absolute atomic E-state index is 0.0631. The number of para-hydroxylation sites is 2. The molecule has 0 fully saturated rings. The summed E-state index contributed by atoms with van der Waals surface area (Å²) in [5.41, 5.74) is 0.0830. The first-order valence-electron chi connectivity index (χ1n) is 8.31. The first kappa shape index (κ1) is 20.8. The largest absolute Gasteiger partial charge is 0.494 e. The molecule has 0 spiro atoms. The Labute approximate surface area is 172 Å². The summed E-state index contributed by atoms with van der Waals surface area (Å²) >= 11 is 6.03. The molecule has 6 nitrogen and oxygen atoms in total. The summed E-state index contributed by atoms with van der Waals surface area (Å²) in [6, 6.07) is 14.7. The molecule has 152 valence electrons. The molecular weight excluding hydrogens is 421 g/mol. The van der Waals surface area contributed by atoms with Gasteiger partial charge in [0.05, 0.1) is 24.8 Å². The molecule has 3 rings (SSSR count). The summed E-state index contributed by atoms with van der Waals surface area (Å²) in [6.07, 6.45) is 0. The molecule has 0 saturated heterocycles. The van der Waals surface area contributed by atoms with Crippen LogP contribution in [-0.4, -0.2) is 22.6 Å². The van der Waals surface area contributed by atoms with Gasteiger partial charge in [-0.2, -0.15) is 0 Å². The number of hydrogen-bond donors (Lipinski definition) is 1. The van der Waals surface area contributed by atoms with E-state index in [9.17, 15) is 12.8 Å². The maximum absolute atomic E-state index is 14.0. The summed E-state index contributed by atoms with van der Waals surface area (Å²) in [4.78, 5) is -0.279. The number of halogens is 2. The molecule has 0 radical (unpaired) electrons. The summed E-state index contributed by atoms with van der Waals surface area (Å²) in [5.74, 6) is 0.178. The second kappa shape index (κ2) is 8.59. The van der Waals surface area contributed by atoms with Gasteiger partial charge in [0.2, 0.25) is 0 Å². The zero-order chi connectivity index (χ0) is 21.0. The fourth-order valence-corrected chi connectivity index (χ4v) is 3.76. The molecule has 0 aliphatic carbocycles. The Hall–Kier alpha value is -2.97. The van der Waals surface area contributed by atoms with E-state index in [2.05, 4.69) is 4.72 Å². The van der Waals surface area contributed by atoms with Crippen LogP contribution in [-0.2, 0) is 10.0 Å². The summed E-state index contributed by atoms with van der Waals surface area (Å²) in [5, 5.41) is 0.288. The summed E-state index contributed by atoms with van der Waals surface area (Å²) < 4.78 is 57.7. The highest BCUT2D eigenvalue weighted by molar-refractivity contribution is 7.92. The Morgan fingerprint density at radius 1 is 0.862 bits per heavy atom. The van der Waals surface area contributed by atoms with E-state index in [1.807, 2.05) is 0 Å². The maximum Gasteiger partial charge on any atom is 0.262 e. The Balaban J connectivity index is 1.96. The van der Waals surface area contributed by atoms with Crippen LogP contribution in [0.3, 0.4) is 0 Å². The third-order valence-corrected chi connectivity index (χ3v) is 5.51. The van der Waals surface area contributed by atoms with E-state index in [-0.39, 0.29) is 27.1 Å². The lowest BCUT2D eigenvalue weighted by Gasteiger charge is -2.15. The van der Waals surface area contributed by atoms with E-state index < -0.39 is 15.8 Å². The number of benzene rings is 3. The zero-order valence-electron chi connectivity index (χ0n) is 15.5. The van der Waals surface area contributed by atoms with Crippen LogP contribution in [0.4, 0.5) is 10.1 Å². The molecule has 9 heteroatoms. The number of anilines is 1. The molecule has 0 unspecified atom stereocenters. The number of rotatable bonds is 7. The Morgan fingerprint density at radius 2 is 1.52 bits per heavy atom. The van der Waals surface area contributed by atoms with Gasteiger partial charge in [-0.15, -0.1) is 0 Å². The smallest absolute Gasteiger partial charge is 0.262 e. The Bertz CT molecular complexity index is 1140. The van der Waals surface area contributed by atoms with Gasteiger partial charge in [-0.05, 0) is 48.5 Å². The Morgan fingerprint density at radius 3 is 2.17 bits per heavy atom. The lowest BCUT2D eigenvalue weighted by atomic mass is 10.3. The van der Waals surface area contributed by atoms with Crippen LogP contribution in [0, 0.1) is 5.82 Å². The minimum atomic E-state index is -4.12. The summed E-state index contributed by atoms with van der Waals surface area (Å²) in [6.45, 7) is 0. The van der Waals surface area contributed by atoms with Crippen LogP contribution < -0.4 is 18.9 Å². The van der Waals surface area contributed by atoms with Crippen molar-refractivity contribution in [3.05, 3.63) is 71.5 Å². The highest BCUT2D eigenvalue weighted by Gasteiger charge is 2.20. The molecular formula is C20H17ClFNO5S. The molecule has 0 atom stereocenters. The average molecular weight is 438 g/mol. The van der Waals surface area contributed by atoms with Crippen LogP contribution in [0.1, 0.15) is 0 Å². The number of nitrogens with one attached hydrogen (secondary N) is 1. The van der Waals surface area contributed by atoms with Gasteiger partial charge in [0.15, 0.2) is 28.8 Å². The number of ether oxygens (including phenoxy) is 3. The van der Waals surface area contributed by atoms with Gasteiger partial charge in [-0.1, -0.05) is 23.7 Å². The fourth-order valence-electron chi connectivity index (χ4n) is 2.51. The predicted octanol–water partition coefficient (Wildman–Crippen LogP) is 5.09. The highest BCUT2D eigenvalue weighted by atomic mass is 35.5. The number of methoxy groups -OCH3 is 2. The minimum Gasteiger partial charge on any atom is -0.494 e. The highest BCUT2D eigenvalue weighted by Crippen LogP contribution is 2.37. The first-order chi connectivity index (χ1) is 13.8. The third-order valence-electron chi connectivity index (χ3n) is 3.91. The predicted molar refractivity (Wildman–Crippen MR) is 108 cm³/mol. The van der Waals surface area contributed by atoms with Crippen molar-refractivity contribution >= 4 is 27.3 Å². The second-order valence-corrected chi connectivity index (χ2v) is 7.91. The molecule has 3 aromatic rings. The quantitative estimate of drug-likeness (QED) is 0.557. The van der Waals surface area contributed by atoms with Crippen molar-refractivity contribution < 1.29 is 27.0 Å². The van der Waals surface area contributed by atoms with Crippen LogP contribution in [0.15, 0.2) is 65.6 Å². The first-order valence-corrected chi connectivity index (χ1v) is 10.2. The van der Waals surface area contributed by atoms with Crippen LogP contribution >= 0.6 is 11.6 Å². The molecule has 3 aromatic carbocycles. The van der Waals surface area contributed by atoms with Gasteiger partial charge in [-0.25, -0.2) is 12.8 Å². The van der Waals surface area contributed by atoms with Gasteiger partial charge in [0, 0.05) is 5.02 Å². The van der Waals surface area contributed by atoms with Crippen LogP contribution in [0.5, 0.6) is 23.0 Å². The lowest BCUT2D eigenvalue weighted by Crippen LogP contribution is -2.14. The summed E-state index contributed by atoms with van der Waals surface area (Å²) in [7, 11) is -1.34. The van der Waals surface area contributed by atoms with E-state index in [0.29, 0.717) is 11.5 Å². The van der Waals surface area contributed by atoms with Gasteiger partial charge in [0.25, 0.3) is 10.0 Å². The average Bonchev–Trinajstić information content (AvgIpc) is 2.70. The third kappa shape index (κ3) is 4.72. The van der Waals surface area contributed by atoms with E-state index in [4.69, 9.17) is 25.8 Å². The van der Waals surface area contributed by atoms with Crippen molar-refractivity contribution in [2.75, 3.05) is 18.9 Å². The van der Waals surface area contributed by atoms with Crippen molar-refractivity contribution in [3.63, 3.8) is 0 Å². The molecule has 0 bridgehead atoms. The van der Waals surface area contributed by atoms with E-state index >= 15 is 0 Å². The van der Waals surface area contributed by atoms with Crippen molar-refractivity contribution in [3.8, 4) is 23.0 Å². The van der Waals surface area contributed by atoms with Gasteiger partial charge < -0.3 is 14.2 Å². The van der Waals surface area contributed by atoms with Gasteiger partial charge in [-0.3, -0.25) is 4.72 Å². The Kier molecular flexibility index (Phi) is 6.14. The van der Waals surface area contributed by atoms with Crippen molar-refractivity contribution in [1.82, 2.24) is 0 Å². The molecule has 0 heterocycles. The molecule has 29 heavy (non-hydrogen) atoms. The van der Waals surface area contributed by atoms with Crippen molar-refractivity contribution in [2.45, 2.75) is 4.90 Å². The monoisotopic (exact) mass is 437 g/mol. The number of hydrogen-bond acceptors (Lipinski definition) is 5.